The maximum atomic E-state index is 5.44. The van der Waals surface area contributed by atoms with Crippen LogP contribution in [0.5, 0.6) is 5.75 Å². The van der Waals surface area contributed by atoms with Crippen molar-refractivity contribution >= 4 is 0 Å². The van der Waals surface area contributed by atoms with Gasteiger partial charge >= 0.3 is 0 Å². The van der Waals surface area contributed by atoms with Gasteiger partial charge in [0.05, 0.1) is 5.69 Å². The standard InChI is InChI=1S/C8H9NO/c1-6-5-7-8(10-6)3-2-4-9-7/h2-4,6H,5H2,1H3. The molecule has 1 aliphatic rings. The average Bonchev–Trinajstić information content (AvgIpc) is 2.27. The Balaban J connectivity index is 2.42. The van der Waals surface area contributed by atoms with E-state index in [1.165, 1.54) is 0 Å². The Bertz CT molecular complexity index is 222. The maximum absolute atomic E-state index is 5.44. The highest BCUT2D eigenvalue weighted by molar-refractivity contribution is 5.30. The van der Waals surface area contributed by atoms with Crippen LogP contribution in [0.15, 0.2) is 18.3 Å². The summed E-state index contributed by atoms with van der Waals surface area (Å²) < 4.78 is 5.44. The van der Waals surface area contributed by atoms with E-state index >= 15 is 0 Å². The zero-order valence-corrected chi connectivity index (χ0v) is 5.87. The molecule has 2 nitrogen and oxygen atoms in total. The first kappa shape index (κ1) is 5.71. The maximum Gasteiger partial charge on any atom is 0.141 e. The fraction of sp³-hybridized carbons (Fsp3) is 0.375. The first-order valence-corrected chi connectivity index (χ1v) is 3.47. The monoisotopic (exact) mass is 135 g/mol. The smallest absolute Gasteiger partial charge is 0.141 e. The van der Waals surface area contributed by atoms with Crippen LogP contribution in [0.3, 0.4) is 0 Å². The van der Waals surface area contributed by atoms with Gasteiger partial charge in [0.2, 0.25) is 0 Å². The minimum Gasteiger partial charge on any atom is -0.488 e. The van der Waals surface area contributed by atoms with Crippen molar-refractivity contribution < 1.29 is 4.74 Å². The van der Waals surface area contributed by atoms with Crippen LogP contribution in [0.2, 0.25) is 0 Å². The second-order valence-electron chi connectivity index (χ2n) is 2.58. The Morgan fingerprint density at radius 1 is 1.70 bits per heavy atom. The molecular weight excluding hydrogens is 126 g/mol. The van der Waals surface area contributed by atoms with E-state index in [0.29, 0.717) is 6.10 Å². The molecule has 0 fully saturated rings. The Labute approximate surface area is 59.9 Å². The summed E-state index contributed by atoms with van der Waals surface area (Å²) >= 11 is 0. The molecule has 2 heterocycles. The quantitative estimate of drug-likeness (QED) is 0.536. The van der Waals surface area contributed by atoms with Crippen molar-refractivity contribution in [2.45, 2.75) is 19.4 Å². The summed E-state index contributed by atoms with van der Waals surface area (Å²) in [6.07, 6.45) is 3.07. The molecule has 0 bridgehead atoms. The first-order chi connectivity index (χ1) is 4.86. The molecule has 0 radical (unpaired) electrons. The van der Waals surface area contributed by atoms with E-state index in [9.17, 15) is 0 Å². The van der Waals surface area contributed by atoms with Gasteiger partial charge in [-0.25, -0.2) is 0 Å². The topological polar surface area (TPSA) is 22.1 Å². The molecule has 1 atom stereocenters. The average molecular weight is 135 g/mol. The lowest BCUT2D eigenvalue weighted by molar-refractivity contribution is 0.254. The third-order valence-corrected chi connectivity index (χ3v) is 1.66. The van der Waals surface area contributed by atoms with E-state index in [1.807, 2.05) is 12.1 Å². The summed E-state index contributed by atoms with van der Waals surface area (Å²) in [7, 11) is 0. The van der Waals surface area contributed by atoms with Crippen LogP contribution in [-0.4, -0.2) is 11.1 Å². The third kappa shape index (κ3) is 0.764. The van der Waals surface area contributed by atoms with Gasteiger partial charge in [0, 0.05) is 12.6 Å². The Morgan fingerprint density at radius 2 is 2.60 bits per heavy atom. The van der Waals surface area contributed by atoms with E-state index in [2.05, 4.69) is 11.9 Å². The lowest BCUT2D eigenvalue weighted by Crippen LogP contribution is -2.05. The second-order valence-corrected chi connectivity index (χ2v) is 2.58. The molecule has 1 aromatic rings. The predicted molar refractivity (Wildman–Crippen MR) is 38.0 cm³/mol. The van der Waals surface area contributed by atoms with E-state index in [-0.39, 0.29) is 0 Å². The van der Waals surface area contributed by atoms with Crippen LogP contribution >= 0.6 is 0 Å². The van der Waals surface area contributed by atoms with Gasteiger partial charge < -0.3 is 4.74 Å². The highest BCUT2D eigenvalue weighted by Gasteiger charge is 2.18. The van der Waals surface area contributed by atoms with Crippen molar-refractivity contribution in [1.29, 1.82) is 0 Å². The van der Waals surface area contributed by atoms with Gasteiger partial charge in [-0.15, -0.1) is 0 Å². The zero-order valence-electron chi connectivity index (χ0n) is 5.87. The summed E-state index contributed by atoms with van der Waals surface area (Å²) in [6, 6.07) is 3.86. The Hall–Kier alpha value is -1.05. The van der Waals surface area contributed by atoms with Crippen molar-refractivity contribution in [2.75, 3.05) is 0 Å². The highest BCUT2D eigenvalue weighted by atomic mass is 16.5. The molecule has 0 saturated carbocycles. The molecule has 0 aliphatic carbocycles. The van der Waals surface area contributed by atoms with E-state index in [4.69, 9.17) is 4.74 Å². The zero-order chi connectivity index (χ0) is 6.97. The molecule has 0 amide bonds. The number of fused-ring (bicyclic) bond motifs is 1. The van der Waals surface area contributed by atoms with Crippen LogP contribution in [0.25, 0.3) is 0 Å². The largest absolute Gasteiger partial charge is 0.488 e. The summed E-state index contributed by atoms with van der Waals surface area (Å²) in [4.78, 5) is 4.18. The molecule has 1 aliphatic heterocycles. The highest BCUT2D eigenvalue weighted by Crippen LogP contribution is 2.25. The van der Waals surface area contributed by atoms with Crippen LogP contribution in [0.4, 0.5) is 0 Å². The normalized spacial score (nSPS) is 21.9. The Morgan fingerprint density at radius 3 is 3.40 bits per heavy atom. The number of nitrogens with zero attached hydrogens (tertiary/aromatic N) is 1. The minimum atomic E-state index is 0.310. The molecule has 10 heavy (non-hydrogen) atoms. The lowest BCUT2D eigenvalue weighted by atomic mass is 10.2. The summed E-state index contributed by atoms with van der Waals surface area (Å²) in [5.74, 6) is 0.954. The SMILES string of the molecule is CC1Cc2ncccc2O1. The number of pyridine rings is 1. The van der Waals surface area contributed by atoms with Gasteiger partial charge in [-0.05, 0) is 19.1 Å². The van der Waals surface area contributed by atoms with Crippen molar-refractivity contribution in [3.63, 3.8) is 0 Å². The van der Waals surface area contributed by atoms with Crippen molar-refractivity contribution in [3.8, 4) is 5.75 Å². The molecule has 0 N–H and O–H groups in total. The third-order valence-electron chi connectivity index (χ3n) is 1.66. The fourth-order valence-corrected chi connectivity index (χ4v) is 1.21. The van der Waals surface area contributed by atoms with Crippen molar-refractivity contribution in [2.24, 2.45) is 0 Å². The molecule has 0 saturated heterocycles. The molecule has 1 unspecified atom stereocenters. The van der Waals surface area contributed by atoms with Gasteiger partial charge in [-0.2, -0.15) is 0 Å². The van der Waals surface area contributed by atoms with E-state index in [1.54, 1.807) is 6.20 Å². The first-order valence-electron chi connectivity index (χ1n) is 3.47. The molecule has 52 valence electrons. The van der Waals surface area contributed by atoms with Gasteiger partial charge in [0.25, 0.3) is 0 Å². The van der Waals surface area contributed by atoms with Gasteiger partial charge in [0.1, 0.15) is 11.9 Å². The van der Waals surface area contributed by atoms with Crippen LogP contribution < -0.4 is 4.74 Å². The Kier molecular flexibility index (Phi) is 1.13. The summed E-state index contributed by atoms with van der Waals surface area (Å²) in [5, 5.41) is 0. The lowest BCUT2D eigenvalue weighted by Gasteiger charge is -1.99. The van der Waals surface area contributed by atoms with Gasteiger partial charge in [-0.1, -0.05) is 0 Å². The molecule has 1 aromatic heterocycles. The number of aromatic nitrogens is 1. The number of hydrogen-bond donors (Lipinski definition) is 0. The molecular formula is C8H9NO. The van der Waals surface area contributed by atoms with Crippen molar-refractivity contribution in [3.05, 3.63) is 24.0 Å². The fourth-order valence-electron chi connectivity index (χ4n) is 1.21. The van der Waals surface area contributed by atoms with Crippen LogP contribution in [-0.2, 0) is 6.42 Å². The molecule has 0 spiro atoms. The minimum absolute atomic E-state index is 0.310. The van der Waals surface area contributed by atoms with Gasteiger partial charge in [0.15, 0.2) is 0 Å². The second kappa shape index (κ2) is 1.97. The van der Waals surface area contributed by atoms with E-state index in [0.717, 1.165) is 17.9 Å². The number of hydrogen-bond acceptors (Lipinski definition) is 2. The molecule has 2 rings (SSSR count). The van der Waals surface area contributed by atoms with Crippen molar-refractivity contribution in [1.82, 2.24) is 4.98 Å². The van der Waals surface area contributed by atoms with Crippen LogP contribution in [0, 0.1) is 0 Å². The molecule has 0 aromatic carbocycles. The van der Waals surface area contributed by atoms with E-state index < -0.39 is 0 Å². The predicted octanol–water partition coefficient (Wildman–Crippen LogP) is 1.41. The number of ether oxygens (including phenoxy) is 1. The summed E-state index contributed by atoms with van der Waals surface area (Å²) in [5.41, 5.74) is 1.09. The summed E-state index contributed by atoms with van der Waals surface area (Å²) in [6.45, 7) is 2.06. The van der Waals surface area contributed by atoms with Gasteiger partial charge in [-0.3, -0.25) is 4.98 Å². The van der Waals surface area contributed by atoms with Crippen LogP contribution in [0.1, 0.15) is 12.6 Å². The molecule has 2 heteroatoms. The number of rotatable bonds is 0.